The SMILES string of the molecule is NC(N)=NCCCC(NC(=O)C(N)Cc1ccc(O)cc1)C(=O)NC(CCCN=C(N)N)C(=O)NC(Cc1c[nH]c2ccccc12)C(=O)O. The number of carboxylic acid groups (broad SMARTS) is 1. The number of H-pyrrole nitrogens is 1. The summed E-state index contributed by atoms with van der Waals surface area (Å²) >= 11 is 0. The van der Waals surface area contributed by atoms with Crippen LogP contribution in [0.4, 0.5) is 0 Å². The number of carbonyl (C=O) groups excluding carboxylic acids is 3. The second-order valence-corrected chi connectivity index (χ2v) is 11.5. The van der Waals surface area contributed by atoms with Crippen molar-refractivity contribution in [1.82, 2.24) is 20.9 Å². The van der Waals surface area contributed by atoms with Crippen LogP contribution in [0.1, 0.15) is 36.8 Å². The lowest BCUT2D eigenvalue weighted by Crippen LogP contribution is -2.57. The number of nitrogens with two attached hydrogens (primary N) is 5. The molecule has 3 aromatic rings. The van der Waals surface area contributed by atoms with Gasteiger partial charge in [0.05, 0.1) is 6.04 Å². The average Bonchev–Trinajstić information content (AvgIpc) is 3.46. The summed E-state index contributed by atoms with van der Waals surface area (Å²) in [5.41, 5.74) is 30.0. The highest BCUT2D eigenvalue weighted by Gasteiger charge is 2.30. The number of aliphatic carboxylic acids is 1. The van der Waals surface area contributed by atoms with E-state index in [2.05, 4.69) is 30.9 Å². The van der Waals surface area contributed by atoms with E-state index in [1.807, 2.05) is 24.3 Å². The summed E-state index contributed by atoms with van der Waals surface area (Å²) in [6.07, 6.45) is 2.46. The van der Waals surface area contributed by atoms with Gasteiger partial charge in [0.15, 0.2) is 11.9 Å². The first kappa shape index (κ1) is 37.6. The van der Waals surface area contributed by atoms with Crippen LogP contribution in [0, 0.1) is 0 Å². The summed E-state index contributed by atoms with van der Waals surface area (Å²) < 4.78 is 0. The van der Waals surface area contributed by atoms with E-state index in [-0.39, 0.29) is 69.3 Å². The quantitative estimate of drug-likeness (QED) is 0.0399. The Morgan fingerprint density at radius 2 is 1.27 bits per heavy atom. The monoisotopic (exact) mass is 679 g/mol. The molecular weight excluding hydrogens is 634 g/mol. The summed E-state index contributed by atoms with van der Waals surface area (Å²) in [7, 11) is 0. The predicted molar refractivity (Wildman–Crippen MR) is 185 cm³/mol. The van der Waals surface area contributed by atoms with Gasteiger partial charge in [0, 0.05) is 36.6 Å². The first-order valence-corrected chi connectivity index (χ1v) is 15.7. The zero-order valence-electron chi connectivity index (χ0n) is 27.0. The molecule has 0 aliphatic rings. The summed E-state index contributed by atoms with van der Waals surface area (Å²) in [4.78, 5) is 63.5. The number of aromatic nitrogens is 1. The van der Waals surface area contributed by atoms with Crippen molar-refractivity contribution in [2.45, 2.75) is 62.7 Å². The third-order valence-corrected chi connectivity index (χ3v) is 7.60. The Labute approximate surface area is 282 Å². The number of hydrogen-bond acceptors (Lipinski definition) is 8. The number of carboxylic acids is 1. The average molecular weight is 680 g/mol. The van der Waals surface area contributed by atoms with Gasteiger partial charge in [-0.1, -0.05) is 30.3 Å². The number of benzene rings is 2. The first-order valence-electron chi connectivity index (χ1n) is 15.7. The molecular formula is C32H45N11O6. The lowest BCUT2D eigenvalue weighted by molar-refractivity contribution is -0.142. The Morgan fingerprint density at radius 1 is 0.735 bits per heavy atom. The van der Waals surface area contributed by atoms with Crippen LogP contribution in [-0.2, 0) is 32.0 Å². The number of aromatic amines is 1. The van der Waals surface area contributed by atoms with Gasteiger partial charge in [-0.15, -0.1) is 0 Å². The number of aliphatic imine (C=N–C) groups is 2. The van der Waals surface area contributed by atoms with Gasteiger partial charge in [0.2, 0.25) is 17.7 Å². The van der Waals surface area contributed by atoms with Crippen molar-refractivity contribution >= 4 is 46.5 Å². The molecule has 0 bridgehead atoms. The Balaban J connectivity index is 1.77. The number of rotatable bonds is 19. The Bertz CT molecular complexity index is 1630. The number of nitrogens with zero attached hydrogens (tertiary/aromatic N) is 2. The van der Waals surface area contributed by atoms with Gasteiger partial charge in [-0.25, -0.2) is 4.79 Å². The van der Waals surface area contributed by atoms with Crippen LogP contribution >= 0.6 is 0 Å². The molecule has 4 atom stereocenters. The van der Waals surface area contributed by atoms with Crippen molar-refractivity contribution in [2.24, 2.45) is 38.7 Å². The van der Waals surface area contributed by atoms with Crippen molar-refractivity contribution in [1.29, 1.82) is 0 Å². The number of guanidine groups is 2. The van der Waals surface area contributed by atoms with E-state index in [0.717, 1.165) is 10.9 Å². The molecule has 0 saturated carbocycles. The smallest absolute Gasteiger partial charge is 0.326 e. The van der Waals surface area contributed by atoms with E-state index >= 15 is 0 Å². The molecule has 49 heavy (non-hydrogen) atoms. The van der Waals surface area contributed by atoms with Gasteiger partial charge in [0.25, 0.3) is 0 Å². The fourth-order valence-electron chi connectivity index (χ4n) is 5.07. The van der Waals surface area contributed by atoms with Gasteiger partial charge in [0.1, 0.15) is 23.9 Å². The molecule has 264 valence electrons. The van der Waals surface area contributed by atoms with Gasteiger partial charge < -0.3 is 59.8 Å². The molecule has 17 heteroatoms. The molecule has 0 aliphatic carbocycles. The summed E-state index contributed by atoms with van der Waals surface area (Å²) in [6, 6.07) is 8.80. The minimum absolute atomic E-state index is 0.0256. The molecule has 0 saturated heterocycles. The molecule has 0 fully saturated rings. The van der Waals surface area contributed by atoms with Crippen LogP contribution in [0.5, 0.6) is 5.75 Å². The molecule has 0 spiro atoms. The van der Waals surface area contributed by atoms with E-state index in [1.165, 1.54) is 12.1 Å². The number of phenolic OH excluding ortho intramolecular Hbond substituents is 1. The van der Waals surface area contributed by atoms with E-state index < -0.39 is 47.9 Å². The van der Waals surface area contributed by atoms with Crippen molar-refractivity contribution in [2.75, 3.05) is 13.1 Å². The van der Waals surface area contributed by atoms with Crippen molar-refractivity contribution in [3.63, 3.8) is 0 Å². The highest BCUT2D eigenvalue weighted by molar-refractivity contribution is 5.94. The largest absolute Gasteiger partial charge is 0.508 e. The third kappa shape index (κ3) is 12.4. The normalized spacial score (nSPS) is 13.3. The number of carbonyl (C=O) groups is 4. The molecule has 2 aromatic carbocycles. The van der Waals surface area contributed by atoms with E-state index in [0.29, 0.717) is 11.1 Å². The molecule has 1 heterocycles. The van der Waals surface area contributed by atoms with Crippen molar-refractivity contribution in [3.8, 4) is 5.75 Å². The number of nitrogens with one attached hydrogen (secondary N) is 4. The van der Waals surface area contributed by atoms with E-state index in [4.69, 9.17) is 28.7 Å². The summed E-state index contributed by atoms with van der Waals surface area (Å²) in [5, 5.41) is 28.2. The van der Waals surface area contributed by atoms with Crippen LogP contribution in [0.15, 0.2) is 64.7 Å². The Hall–Kier alpha value is -5.84. The minimum Gasteiger partial charge on any atom is -0.508 e. The number of para-hydroxylation sites is 1. The molecule has 16 N–H and O–H groups in total. The second-order valence-electron chi connectivity index (χ2n) is 11.5. The maximum absolute atomic E-state index is 13.7. The molecule has 0 radical (unpaired) electrons. The lowest BCUT2D eigenvalue weighted by atomic mass is 10.0. The van der Waals surface area contributed by atoms with Gasteiger partial charge >= 0.3 is 5.97 Å². The second kappa shape index (κ2) is 18.5. The highest BCUT2D eigenvalue weighted by Crippen LogP contribution is 2.19. The highest BCUT2D eigenvalue weighted by atomic mass is 16.4. The number of phenols is 1. The first-order chi connectivity index (χ1) is 23.3. The molecule has 3 amide bonds. The van der Waals surface area contributed by atoms with Gasteiger partial charge in [-0.2, -0.15) is 0 Å². The molecule has 3 rings (SSSR count). The maximum atomic E-state index is 13.7. The van der Waals surface area contributed by atoms with Crippen LogP contribution in [0.3, 0.4) is 0 Å². The zero-order valence-corrected chi connectivity index (χ0v) is 27.0. The van der Waals surface area contributed by atoms with E-state index in [9.17, 15) is 29.4 Å². The molecule has 0 aliphatic heterocycles. The summed E-state index contributed by atoms with van der Waals surface area (Å²) in [6.45, 7) is 0.308. The van der Waals surface area contributed by atoms with E-state index in [1.54, 1.807) is 18.3 Å². The predicted octanol–water partition coefficient (Wildman–Crippen LogP) is -1.37. The fourth-order valence-corrected chi connectivity index (χ4v) is 5.07. The number of aromatic hydroxyl groups is 1. The molecule has 4 unspecified atom stereocenters. The fraction of sp³-hybridized carbons (Fsp3) is 0.375. The van der Waals surface area contributed by atoms with Crippen molar-refractivity contribution in [3.05, 3.63) is 65.9 Å². The summed E-state index contributed by atoms with van der Waals surface area (Å²) in [5.74, 6) is -3.59. The van der Waals surface area contributed by atoms with Crippen molar-refractivity contribution < 1.29 is 29.4 Å². The molecule has 1 aromatic heterocycles. The number of hydrogen-bond donors (Lipinski definition) is 11. The molecule has 17 nitrogen and oxygen atoms in total. The van der Waals surface area contributed by atoms with Crippen LogP contribution in [-0.4, -0.2) is 88.1 Å². The third-order valence-electron chi connectivity index (χ3n) is 7.60. The minimum atomic E-state index is -1.32. The topological polar surface area (TPSA) is 315 Å². The van der Waals surface area contributed by atoms with Gasteiger partial charge in [-0.3, -0.25) is 24.4 Å². The standard InChI is InChI=1S/C32H45N11O6/c33-22(15-18-9-11-20(44)12-10-18)27(45)41-24(7-3-13-38-31(34)35)28(46)42-25(8-4-14-39-32(36)37)29(47)43-26(30(48)49)16-19-17-40-23-6-2-1-5-21(19)23/h1-2,5-6,9-12,17,22,24-26,40,44H,3-4,7-8,13-16,33H2,(H,41,45)(H,42,46)(H,43,47)(H,48,49)(H4,34,35,38)(H4,36,37,39). The number of fused-ring (bicyclic) bond motifs is 1. The Kier molecular flexibility index (Phi) is 14.2. The lowest BCUT2D eigenvalue weighted by Gasteiger charge is -2.25. The number of amides is 3. The zero-order chi connectivity index (χ0) is 35.9. The maximum Gasteiger partial charge on any atom is 0.326 e. The van der Waals surface area contributed by atoms with Crippen LogP contribution in [0.25, 0.3) is 10.9 Å². The van der Waals surface area contributed by atoms with Crippen LogP contribution in [0.2, 0.25) is 0 Å². The van der Waals surface area contributed by atoms with Gasteiger partial charge in [-0.05, 0) is 61.4 Å². The van der Waals surface area contributed by atoms with Crippen LogP contribution < -0.4 is 44.6 Å². The Morgan fingerprint density at radius 3 is 1.82 bits per heavy atom.